The molecule has 2 heterocycles. The van der Waals surface area contributed by atoms with E-state index in [1.54, 1.807) is 40.9 Å². The molecule has 6 heteroatoms. The average Bonchev–Trinajstić information content (AvgIpc) is 3.00. The van der Waals surface area contributed by atoms with E-state index in [9.17, 15) is 4.79 Å². The molecule has 4 aromatic rings. The summed E-state index contributed by atoms with van der Waals surface area (Å²) in [5.41, 5.74) is 3.84. The Morgan fingerprint density at radius 3 is 2.30 bits per heavy atom. The van der Waals surface area contributed by atoms with Crippen molar-refractivity contribution in [2.24, 2.45) is 0 Å². The third-order valence-electron chi connectivity index (χ3n) is 4.25. The number of aryl methyl sites for hydroxylation is 1. The molecule has 0 saturated heterocycles. The number of hydrogen-bond donors (Lipinski definition) is 1. The summed E-state index contributed by atoms with van der Waals surface area (Å²) in [6.07, 6.45) is 1.73. The van der Waals surface area contributed by atoms with E-state index in [1.165, 1.54) is 0 Å². The number of nitrogens with zero attached hydrogens (tertiary/aromatic N) is 2. The first-order chi connectivity index (χ1) is 13.0. The third-order valence-corrected chi connectivity index (χ3v) is 4.72. The predicted molar refractivity (Wildman–Crippen MR) is 110 cm³/mol. The minimum atomic E-state index is -0.216. The van der Waals surface area contributed by atoms with Crippen molar-refractivity contribution in [3.8, 4) is 11.3 Å². The molecule has 0 fully saturated rings. The predicted octanol–water partition coefficient (Wildman–Crippen LogP) is 5.87. The van der Waals surface area contributed by atoms with E-state index < -0.39 is 0 Å². The smallest absolute Gasteiger partial charge is 0.256 e. The molecule has 0 aliphatic carbocycles. The lowest BCUT2D eigenvalue weighted by atomic mass is 10.1. The average molecular weight is 396 g/mol. The summed E-state index contributed by atoms with van der Waals surface area (Å²) >= 11 is 12.2. The number of benzene rings is 2. The van der Waals surface area contributed by atoms with Crippen LogP contribution in [0.25, 0.3) is 16.9 Å². The van der Waals surface area contributed by atoms with E-state index in [0.29, 0.717) is 32.8 Å². The molecule has 2 aromatic carbocycles. The SMILES string of the molecule is Cc1ccc(C(=O)Nc2c(-c3ccc(Cl)cc3)nc3ccc(Cl)cn23)cc1. The molecule has 27 heavy (non-hydrogen) atoms. The van der Waals surface area contributed by atoms with Crippen molar-refractivity contribution in [1.82, 2.24) is 9.38 Å². The number of anilines is 1. The fraction of sp³-hybridized carbons (Fsp3) is 0.0476. The zero-order chi connectivity index (χ0) is 19.0. The highest BCUT2D eigenvalue weighted by atomic mass is 35.5. The van der Waals surface area contributed by atoms with Crippen molar-refractivity contribution in [3.63, 3.8) is 0 Å². The third kappa shape index (κ3) is 3.54. The molecule has 134 valence electrons. The van der Waals surface area contributed by atoms with Gasteiger partial charge in [0, 0.05) is 22.3 Å². The van der Waals surface area contributed by atoms with Gasteiger partial charge in [-0.25, -0.2) is 4.98 Å². The molecule has 0 spiro atoms. The number of fused-ring (bicyclic) bond motifs is 1. The van der Waals surface area contributed by atoms with Gasteiger partial charge in [0.15, 0.2) is 0 Å². The molecule has 0 atom stereocenters. The second-order valence-corrected chi connectivity index (χ2v) is 7.08. The van der Waals surface area contributed by atoms with Crippen molar-refractivity contribution in [1.29, 1.82) is 0 Å². The summed E-state index contributed by atoms with van der Waals surface area (Å²) in [4.78, 5) is 17.4. The first kappa shape index (κ1) is 17.6. The Labute approximate surface area is 166 Å². The summed E-state index contributed by atoms with van der Waals surface area (Å²) in [5, 5.41) is 4.16. The van der Waals surface area contributed by atoms with Gasteiger partial charge < -0.3 is 5.32 Å². The standard InChI is InChI=1S/C21H15Cl2N3O/c1-13-2-4-15(5-3-13)21(27)25-20-19(14-6-8-16(22)9-7-14)24-18-11-10-17(23)12-26(18)20/h2-12H,1H3,(H,25,27). The van der Waals surface area contributed by atoms with E-state index in [-0.39, 0.29) is 5.91 Å². The van der Waals surface area contributed by atoms with Gasteiger partial charge in [-0.1, -0.05) is 53.0 Å². The van der Waals surface area contributed by atoms with Crippen LogP contribution in [0.2, 0.25) is 10.0 Å². The number of rotatable bonds is 3. The van der Waals surface area contributed by atoms with Gasteiger partial charge in [0.2, 0.25) is 0 Å². The van der Waals surface area contributed by atoms with Gasteiger partial charge in [-0.3, -0.25) is 9.20 Å². The molecule has 0 aliphatic heterocycles. The quantitative estimate of drug-likeness (QED) is 0.471. The Morgan fingerprint density at radius 2 is 1.59 bits per heavy atom. The van der Waals surface area contributed by atoms with Crippen LogP contribution in [-0.4, -0.2) is 15.3 Å². The number of amides is 1. The molecule has 4 nitrogen and oxygen atoms in total. The molecule has 0 saturated carbocycles. The van der Waals surface area contributed by atoms with E-state index in [4.69, 9.17) is 23.2 Å². The Kier molecular flexibility index (Phi) is 4.60. The highest BCUT2D eigenvalue weighted by Gasteiger charge is 2.17. The zero-order valence-electron chi connectivity index (χ0n) is 14.4. The fourth-order valence-electron chi connectivity index (χ4n) is 2.83. The molecule has 0 aliphatic rings. The van der Waals surface area contributed by atoms with Crippen LogP contribution in [0, 0.1) is 6.92 Å². The zero-order valence-corrected chi connectivity index (χ0v) is 15.9. The van der Waals surface area contributed by atoms with Crippen LogP contribution in [0.15, 0.2) is 66.9 Å². The normalized spacial score (nSPS) is 10.9. The van der Waals surface area contributed by atoms with Crippen LogP contribution < -0.4 is 5.32 Å². The lowest BCUT2D eigenvalue weighted by molar-refractivity contribution is 0.102. The minimum Gasteiger partial charge on any atom is -0.306 e. The number of carbonyl (C=O) groups excluding carboxylic acids is 1. The first-order valence-electron chi connectivity index (χ1n) is 8.33. The summed E-state index contributed by atoms with van der Waals surface area (Å²) in [6.45, 7) is 1.98. The van der Waals surface area contributed by atoms with Crippen molar-refractivity contribution in [2.45, 2.75) is 6.92 Å². The van der Waals surface area contributed by atoms with Gasteiger partial charge in [0.05, 0.1) is 5.02 Å². The van der Waals surface area contributed by atoms with E-state index in [1.807, 2.05) is 37.3 Å². The fourth-order valence-corrected chi connectivity index (χ4v) is 3.12. The summed E-state index contributed by atoms with van der Waals surface area (Å²) in [5.74, 6) is 0.340. The van der Waals surface area contributed by atoms with Crippen molar-refractivity contribution in [2.75, 3.05) is 5.32 Å². The Balaban J connectivity index is 1.82. The molecule has 0 unspecified atom stereocenters. The maximum absolute atomic E-state index is 12.8. The summed E-state index contributed by atoms with van der Waals surface area (Å²) in [6, 6.07) is 18.3. The number of carbonyl (C=O) groups is 1. The van der Waals surface area contributed by atoms with Gasteiger partial charge in [0.25, 0.3) is 5.91 Å². The van der Waals surface area contributed by atoms with E-state index in [2.05, 4.69) is 10.3 Å². The van der Waals surface area contributed by atoms with Crippen LogP contribution in [-0.2, 0) is 0 Å². The van der Waals surface area contributed by atoms with Crippen LogP contribution >= 0.6 is 23.2 Å². The molecule has 1 amide bonds. The topological polar surface area (TPSA) is 46.4 Å². The number of halogens is 2. The molecular formula is C21H15Cl2N3O. The first-order valence-corrected chi connectivity index (χ1v) is 9.08. The summed E-state index contributed by atoms with van der Waals surface area (Å²) < 4.78 is 1.78. The minimum absolute atomic E-state index is 0.216. The summed E-state index contributed by atoms with van der Waals surface area (Å²) in [7, 11) is 0. The van der Waals surface area contributed by atoms with Crippen LogP contribution in [0.5, 0.6) is 0 Å². The molecule has 4 rings (SSSR count). The number of aromatic nitrogens is 2. The number of imidazole rings is 1. The molecule has 2 aromatic heterocycles. The van der Waals surface area contributed by atoms with Gasteiger partial charge in [-0.05, 0) is 43.3 Å². The monoisotopic (exact) mass is 395 g/mol. The number of nitrogens with one attached hydrogen (secondary N) is 1. The second kappa shape index (κ2) is 7.06. The molecule has 0 radical (unpaired) electrons. The Bertz CT molecular complexity index is 1130. The highest BCUT2D eigenvalue weighted by Crippen LogP contribution is 2.31. The maximum atomic E-state index is 12.8. The van der Waals surface area contributed by atoms with Crippen molar-refractivity contribution >= 4 is 40.6 Å². The number of pyridine rings is 1. The molecule has 1 N–H and O–H groups in total. The van der Waals surface area contributed by atoms with E-state index in [0.717, 1.165) is 11.1 Å². The van der Waals surface area contributed by atoms with E-state index >= 15 is 0 Å². The van der Waals surface area contributed by atoms with Crippen molar-refractivity contribution in [3.05, 3.63) is 88.0 Å². The van der Waals surface area contributed by atoms with Gasteiger partial charge >= 0.3 is 0 Å². The maximum Gasteiger partial charge on any atom is 0.256 e. The van der Waals surface area contributed by atoms with Gasteiger partial charge in [-0.15, -0.1) is 0 Å². The Hall–Kier alpha value is -2.82. The van der Waals surface area contributed by atoms with Crippen LogP contribution in [0.4, 0.5) is 5.82 Å². The lowest BCUT2D eigenvalue weighted by Crippen LogP contribution is -2.14. The van der Waals surface area contributed by atoms with Gasteiger partial charge in [-0.2, -0.15) is 0 Å². The Morgan fingerprint density at radius 1 is 0.926 bits per heavy atom. The molecule has 0 bridgehead atoms. The highest BCUT2D eigenvalue weighted by molar-refractivity contribution is 6.31. The van der Waals surface area contributed by atoms with Gasteiger partial charge in [0.1, 0.15) is 17.2 Å². The lowest BCUT2D eigenvalue weighted by Gasteiger charge is -2.08. The largest absolute Gasteiger partial charge is 0.306 e. The van der Waals surface area contributed by atoms with Crippen molar-refractivity contribution < 1.29 is 4.79 Å². The van der Waals surface area contributed by atoms with Crippen LogP contribution in [0.1, 0.15) is 15.9 Å². The number of hydrogen-bond acceptors (Lipinski definition) is 2. The second-order valence-electron chi connectivity index (χ2n) is 6.21. The molecular weight excluding hydrogens is 381 g/mol. The van der Waals surface area contributed by atoms with Crippen LogP contribution in [0.3, 0.4) is 0 Å².